The maximum Gasteiger partial charge on any atom is 0.129 e. The molecular weight excluding hydrogens is 225 g/mol. The van der Waals surface area contributed by atoms with Gasteiger partial charge in [0.15, 0.2) is 0 Å². The van der Waals surface area contributed by atoms with Gasteiger partial charge in [-0.3, -0.25) is 0 Å². The van der Waals surface area contributed by atoms with Crippen LogP contribution in [-0.4, -0.2) is 6.54 Å². The van der Waals surface area contributed by atoms with Crippen molar-refractivity contribution >= 4 is 11.6 Å². The lowest BCUT2D eigenvalue weighted by molar-refractivity contribution is 0.398. The van der Waals surface area contributed by atoms with Gasteiger partial charge in [0.25, 0.3) is 0 Å². The van der Waals surface area contributed by atoms with Gasteiger partial charge < -0.3 is 5.32 Å². The van der Waals surface area contributed by atoms with E-state index in [2.05, 4.69) is 26.1 Å². The number of benzene rings is 1. The number of hydrogen-bond acceptors (Lipinski definition) is 1. The third kappa shape index (κ3) is 3.46. The van der Waals surface area contributed by atoms with Crippen molar-refractivity contribution in [2.75, 3.05) is 6.54 Å². The van der Waals surface area contributed by atoms with Gasteiger partial charge in [-0.1, -0.05) is 38.4 Å². The van der Waals surface area contributed by atoms with Crippen LogP contribution in [0, 0.1) is 11.7 Å². The minimum absolute atomic E-state index is 0.0530. The van der Waals surface area contributed by atoms with Crippen LogP contribution in [0.1, 0.15) is 38.8 Å². The minimum atomic E-state index is -0.227. The Kier molecular flexibility index (Phi) is 5.23. The van der Waals surface area contributed by atoms with Gasteiger partial charge >= 0.3 is 0 Å². The van der Waals surface area contributed by atoms with Gasteiger partial charge in [0.1, 0.15) is 5.82 Å². The Morgan fingerprint density at radius 3 is 2.56 bits per heavy atom. The van der Waals surface area contributed by atoms with E-state index in [4.69, 9.17) is 11.6 Å². The zero-order valence-corrected chi connectivity index (χ0v) is 10.8. The Hall–Kier alpha value is -0.600. The largest absolute Gasteiger partial charge is 0.310 e. The fourth-order valence-electron chi connectivity index (χ4n) is 1.76. The number of nitrogens with one attached hydrogen (secondary N) is 1. The van der Waals surface area contributed by atoms with E-state index in [-0.39, 0.29) is 11.9 Å². The molecule has 0 aromatic heterocycles. The highest BCUT2D eigenvalue weighted by Gasteiger charge is 2.18. The molecule has 1 aromatic carbocycles. The van der Waals surface area contributed by atoms with Gasteiger partial charge in [-0.2, -0.15) is 0 Å². The van der Waals surface area contributed by atoms with E-state index in [9.17, 15) is 4.39 Å². The summed E-state index contributed by atoms with van der Waals surface area (Å²) < 4.78 is 13.8. The van der Waals surface area contributed by atoms with Crippen molar-refractivity contribution in [2.45, 2.75) is 33.2 Å². The highest BCUT2D eigenvalue weighted by Crippen LogP contribution is 2.26. The molecular formula is C13H19ClFN. The molecule has 16 heavy (non-hydrogen) atoms. The van der Waals surface area contributed by atoms with Gasteiger partial charge in [-0.05, 0) is 31.0 Å². The molecule has 1 nitrogen and oxygen atoms in total. The SMILES string of the molecule is CCCNC(c1ccc(Cl)cc1F)C(C)C. The van der Waals surface area contributed by atoms with Crippen LogP contribution in [0.4, 0.5) is 4.39 Å². The van der Waals surface area contributed by atoms with Crippen LogP contribution >= 0.6 is 11.6 Å². The molecule has 0 radical (unpaired) electrons. The molecule has 0 saturated heterocycles. The monoisotopic (exact) mass is 243 g/mol. The quantitative estimate of drug-likeness (QED) is 0.818. The smallest absolute Gasteiger partial charge is 0.129 e. The van der Waals surface area contributed by atoms with Crippen molar-refractivity contribution in [1.82, 2.24) is 5.32 Å². The van der Waals surface area contributed by atoms with Crippen molar-refractivity contribution in [3.8, 4) is 0 Å². The highest BCUT2D eigenvalue weighted by molar-refractivity contribution is 6.30. The maximum absolute atomic E-state index is 13.8. The van der Waals surface area contributed by atoms with Crippen molar-refractivity contribution in [3.63, 3.8) is 0 Å². The first-order valence-corrected chi connectivity index (χ1v) is 6.12. The van der Waals surface area contributed by atoms with Crippen molar-refractivity contribution in [2.24, 2.45) is 5.92 Å². The molecule has 1 unspecified atom stereocenters. The van der Waals surface area contributed by atoms with E-state index < -0.39 is 0 Å². The van der Waals surface area contributed by atoms with Gasteiger partial charge in [0.2, 0.25) is 0 Å². The van der Waals surface area contributed by atoms with Crippen LogP contribution in [0.3, 0.4) is 0 Å². The summed E-state index contributed by atoms with van der Waals surface area (Å²) in [6.45, 7) is 7.16. The van der Waals surface area contributed by atoms with E-state index in [1.54, 1.807) is 12.1 Å². The van der Waals surface area contributed by atoms with Gasteiger partial charge in [0.05, 0.1) is 0 Å². The number of rotatable bonds is 5. The predicted octanol–water partition coefficient (Wildman–Crippen LogP) is 4.18. The summed E-state index contributed by atoms with van der Waals surface area (Å²) in [7, 11) is 0. The van der Waals surface area contributed by atoms with E-state index in [0.29, 0.717) is 16.5 Å². The van der Waals surface area contributed by atoms with Gasteiger partial charge in [-0.25, -0.2) is 4.39 Å². The molecule has 0 bridgehead atoms. The third-order valence-corrected chi connectivity index (χ3v) is 2.81. The molecule has 1 aromatic rings. The molecule has 1 rings (SSSR count). The third-order valence-electron chi connectivity index (χ3n) is 2.58. The Morgan fingerprint density at radius 2 is 2.06 bits per heavy atom. The topological polar surface area (TPSA) is 12.0 Å². The second kappa shape index (κ2) is 6.21. The first kappa shape index (κ1) is 13.5. The molecule has 3 heteroatoms. The Balaban J connectivity index is 2.92. The van der Waals surface area contributed by atoms with Crippen LogP contribution in [0.5, 0.6) is 0 Å². The summed E-state index contributed by atoms with van der Waals surface area (Å²) in [6.07, 6.45) is 1.04. The van der Waals surface area contributed by atoms with Crippen molar-refractivity contribution in [1.29, 1.82) is 0 Å². The molecule has 0 saturated carbocycles. The lowest BCUT2D eigenvalue weighted by atomic mass is 9.95. The average molecular weight is 244 g/mol. The molecule has 0 aliphatic heterocycles. The second-order valence-corrected chi connectivity index (χ2v) is 4.78. The summed E-state index contributed by atoms with van der Waals surface area (Å²) in [4.78, 5) is 0. The molecule has 0 amide bonds. The fraction of sp³-hybridized carbons (Fsp3) is 0.538. The van der Waals surface area contributed by atoms with E-state index in [1.807, 2.05) is 0 Å². The molecule has 1 atom stereocenters. The summed E-state index contributed by atoms with van der Waals surface area (Å²) in [5.41, 5.74) is 0.702. The standard InChI is InChI=1S/C13H19ClFN/c1-4-7-16-13(9(2)3)11-6-5-10(14)8-12(11)15/h5-6,8-9,13,16H,4,7H2,1-3H3. The molecule has 1 N–H and O–H groups in total. The zero-order chi connectivity index (χ0) is 12.1. The molecule has 0 heterocycles. The van der Waals surface area contributed by atoms with Crippen LogP contribution in [-0.2, 0) is 0 Å². The molecule has 90 valence electrons. The van der Waals surface area contributed by atoms with Crippen LogP contribution < -0.4 is 5.32 Å². The minimum Gasteiger partial charge on any atom is -0.310 e. The van der Waals surface area contributed by atoms with Crippen LogP contribution in [0.2, 0.25) is 5.02 Å². The van der Waals surface area contributed by atoms with Crippen molar-refractivity contribution in [3.05, 3.63) is 34.6 Å². The predicted molar refractivity (Wildman–Crippen MR) is 67.3 cm³/mol. The summed E-state index contributed by atoms with van der Waals surface area (Å²) in [5.74, 6) is 0.122. The fourth-order valence-corrected chi connectivity index (χ4v) is 1.92. The number of hydrogen-bond donors (Lipinski definition) is 1. The number of halogens is 2. The Labute approximate surface area is 102 Å². The average Bonchev–Trinajstić information content (AvgIpc) is 2.20. The van der Waals surface area contributed by atoms with E-state index in [0.717, 1.165) is 13.0 Å². The Bertz CT molecular complexity index is 339. The van der Waals surface area contributed by atoms with Crippen LogP contribution in [0.25, 0.3) is 0 Å². The summed E-state index contributed by atoms with van der Waals surface area (Å²) in [6, 6.07) is 4.94. The molecule has 0 aliphatic carbocycles. The highest BCUT2D eigenvalue weighted by atomic mass is 35.5. The normalized spacial score (nSPS) is 13.1. The molecule has 0 aliphatic rings. The first-order chi connectivity index (χ1) is 7.56. The van der Waals surface area contributed by atoms with Gasteiger partial charge in [0, 0.05) is 16.6 Å². The van der Waals surface area contributed by atoms with Crippen molar-refractivity contribution < 1.29 is 4.39 Å². The second-order valence-electron chi connectivity index (χ2n) is 4.34. The Morgan fingerprint density at radius 1 is 1.38 bits per heavy atom. The first-order valence-electron chi connectivity index (χ1n) is 5.74. The van der Waals surface area contributed by atoms with Crippen LogP contribution in [0.15, 0.2) is 18.2 Å². The lowest BCUT2D eigenvalue weighted by Crippen LogP contribution is -2.27. The van der Waals surface area contributed by atoms with E-state index in [1.165, 1.54) is 6.07 Å². The maximum atomic E-state index is 13.8. The van der Waals surface area contributed by atoms with E-state index >= 15 is 0 Å². The summed E-state index contributed by atoms with van der Waals surface area (Å²) >= 11 is 5.75. The van der Waals surface area contributed by atoms with Gasteiger partial charge in [-0.15, -0.1) is 0 Å². The molecule has 0 spiro atoms. The zero-order valence-electron chi connectivity index (χ0n) is 10.1. The summed E-state index contributed by atoms with van der Waals surface area (Å²) in [5, 5.41) is 3.81. The molecule has 0 fully saturated rings. The lowest BCUT2D eigenvalue weighted by Gasteiger charge is -2.23.